The molecule has 2 aromatic heterocycles. The molecule has 0 saturated carbocycles. The smallest absolute Gasteiger partial charge is 0.346 e. The maximum Gasteiger partial charge on any atom is 0.346 e. The van der Waals surface area contributed by atoms with Gasteiger partial charge in [-0.1, -0.05) is 44.4 Å². The third-order valence-electron chi connectivity index (χ3n) is 5.02. The van der Waals surface area contributed by atoms with Crippen LogP contribution >= 0.6 is 11.3 Å². The monoisotopic (exact) mass is 429 g/mol. The topological polar surface area (TPSA) is 89.8 Å². The number of aromatic nitrogens is 1. The molecule has 0 atom stereocenters. The van der Waals surface area contributed by atoms with Crippen LogP contribution in [0.2, 0.25) is 0 Å². The Morgan fingerprint density at radius 2 is 1.90 bits per heavy atom. The van der Waals surface area contributed by atoms with Crippen molar-refractivity contribution in [2.75, 3.05) is 0 Å². The molecule has 3 rings (SSSR count). The number of nitrogens with zero attached hydrogens (tertiary/aromatic N) is 3. The fraction of sp³-hybridized carbons (Fsp3) is 0.240. The van der Waals surface area contributed by atoms with Gasteiger partial charge in [-0.2, -0.15) is 10.5 Å². The second-order valence-corrected chi connectivity index (χ2v) is 8.32. The molecule has 0 aliphatic rings. The number of benzene rings is 1. The molecule has 0 saturated heterocycles. The first-order chi connectivity index (χ1) is 15.1. The Hall–Kier alpha value is -3.61. The number of aryl methyl sites for hydroxylation is 1. The van der Waals surface area contributed by atoms with Crippen LogP contribution in [0.5, 0.6) is 0 Å². The summed E-state index contributed by atoms with van der Waals surface area (Å²) in [5.41, 5.74) is 2.31. The number of thiophene rings is 1. The number of carbonyl (C=O) groups is 1. The van der Waals surface area contributed by atoms with Crippen molar-refractivity contribution in [2.45, 2.75) is 39.2 Å². The van der Waals surface area contributed by atoms with Gasteiger partial charge >= 0.3 is 5.97 Å². The van der Waals surface area contributed by atoms with E-state index in [1.54, 1.807) is 18.2 Å². The van der Waals surface area contributed by atoms with Gasteiger partial charge in [-0.3, -0.25) is 0 Å². The van der Waals surface area contributed by atoms with Gasteiger partial charge in [0, 0.05) is 39.0 Å². The lowest BCUT2D eigenvalue weighted by molar-refractivity contribution is -0.132. The second kappa shape index (κ2) is 10.4. The van der Waals surface area contributed by atoms with Gasteiger partial charge in [-0.05, 0) is 36.8 Å². The van der Waals surface area contributed by atoms with E-state index in [2.05, 4.69) is 35.9 Å². The number of carboxylic acids is 1. The summed E-state index contributed by atoms with van der Waals surface area (Å²) < 4.78 is 2.25. The van der Waals surface area contributed by atoms with Crippen LogP contribution in [0.15, 0.2) is 48.2 Å². The lowest BCUT2D eigenvalue weighted by atomic mass is 10.1. The minimum Gasteiger partial charge on any atom is -0.477 e. The van der Waals surface area contributed by atoms with Gasteiger partial charge in [0.15, 0.2) is 0 Å². The Balaban J connectivity index is 1.94. The molecule has 5 nitrogen and oxygen atoms in total. The molecule has 0 fully saturated rings. The van der Waals surface area contributed by atoms with Gasteiger partial charge in [0.1, 0.15) is 17.7 Å². The van der Waals surface area contributed by atoms with Crippen LogP contribution in [0, 0.1) is 22.7 Å². The number of unbranched alkanes of at least 4 members (excludes halogenated alkanes) is 3. The highest BCUT2D eigenvalue weighted by Gasteiger charge is 2.11. The van der Waals surface area contributed by atoms with Crippen LogP contribution in [0.25, 0.3) is 28.6 Å². The highest BCUT2D eigenvalue weighted by atomic mass is 32.1. The van der Waals surface area contributed by atoms with E-state index >= 15 is 0 Å². The molecule has 31 heavy (non-hydrogen) atoms. The Kier molecular flexibility index (Phi) is 7.43. The molecule has 0 unspecified atom stereocenters. The third kappa shape index (κ3) is 5.31. The van der Waals surface area contributed by atoms with Crippen molar-refractivity contribution in [1.29, 1.82) is 10.5 Å². The number of nitriles is 2. The standard InChI is InChI=1S/C25H23N3O2S/c1-2-3-4-7-12-28-17-20(22-8-5-6-9-23(22)28)13-18(15-26)24-11-10-21(31-24)14-19(16-27)25(29)30/h5-6,8-11,13-14,17H,2-4,7,12H2,1H3,(H,29,30)/b18-13+,19-14-. The summed E-state index contributed by atoms with van der Waals surface area (Å²) in [7, 11) is 0. The molecule has 0 amide bonds. The quantitative estimate of drug-likeness (QED) is 0.244. The van der Waals surface area contributed by atoms with Crippen molar-refractivity contribution in [3.8, 4) is 12.1 Å². The molecule has 156 valence electrons. The Bertz CT molecular complexity index is 1230. The number of aliphatic carboxylic acids is 1. The zero-order valence-corrected chi connectivity index (χ0v) is 18.2. The molecule has 2 heterocycles. The van der Waals surface area contributed by atoms with Crippen molar-refractivity contribution in [3.05, 3.63) is 63.5 Å². The molecule has 0 aliphatic heterocycles. The molecule has 6 heteroatoms. The predicted molar refractivity (Wildman–Crippen MR) is 125 cm³/mol. The van der Waals surface area contributed by atoms with E-state index in [0.717, 1.165) is 34.3 Å². The Labute approximate surface area is 185 Å². The summed E-state index contributed by atoms with van der Waals surface area (Å²) in [4.78, 5) is 12.4. The average molecular weight is 430 g/mol. The lowest BCUT2D eigenvalue weighted by Crippen LogP contribution is -1.96. The predicted octanol–water partition coefficient (Wildman–Crippen LogP) is 6.34. The number of fused-ring (bicyclic) bond motifs is 1. The number of rotatable bonds is 9. The van der Waals surface area contributed by atoms with E-state index < -0.39 is 5.97 Å². The van der Waals surface area contributed by atoms with E-state index in [9.17, 15) is 10.1 Å². The van der Waals surface area contributed by atoms with Crippen LogP contribution in [0.4, 0.5) is 0 Å². The van der Waals surface area contributed by atoms with Crippen LogP contribution in [-0.4, -0.2) is 15.6 Å². The van der Waals surface area contributed by atoms with Crippen LogP contribution in [-0.2, 0) is 11.3 Å². The molecule has 1 N–H and O–H groups in total. The van der Waals surface area contributed by atoms with E-state index in [1.165, 1.54) is 36.7 Å². The minimum absolute atomic E-state index is 0.331. The fourth-order valence-electron chi connectivity index (χ4n) is 3.46. The number of hydrogen-bond acceptors (Lipinski definition) is 4. The molecular formula is C25H23N3O2S. The zero-order chi connectivity index (χ0) is 22.2. The fourth-order valence-corrected chi connectivity index (χ4v) is 4.37. The largest absolute Gasteiger partial charge is 0.477 e. The normalized spacial score (nSPS) is 12.0. The van der Waals surface area contributed by atoms with E-state index in [4.69, 9.17) is 10.4 Å². The number of allylic oxidation sites excluding steroid dienone is 1. The third-order valence-corrected chi connectivity index (χ3v) is 6.09. The first kappa shape index (κ1) is 22.1. The van der Waals surface area contributed by atoms with Crippen LogP contribution < -0.4 is 0 Å². The zero-order valence-electron chi connectivity index (χ0n) is 17.3. The molecule has 0 spiro atoms. The van der Waals surface area contributed by atoms with Crippen LogP contribution in [0.3, 0.4) is 0 Å². The van der Waals surface area contributed by atoms with Gasteiger partial charge in [0.25, 0.3) is 0 Å². The van der Waals surface area contributed by atoms with E-state index in [0.29, 0.717) is 10.5 Å². The van der Waals surface area contributed by atoms with Crippen molar-refractivity contribution < 1.29 is 9.90 Å². The first-order valence-corrected chi connectivity index (χ1v) is 11.0. The lowest BCUT2D eigenvalue weighted by Gasteiger charge is -2.04. The number of para-hydroxylation sites is 1. The van der Waals surface area contributed by atoms with Crippen LogP contribution in [0.1, 0.15) is 47.9 Å². The highest BCUT2D eigenvalue weighted by Crippen LogP contribution is 2.30. The molecule has 0 radical (unpaired) electrons. The van der Waals surface area contributed by atoms with Crippen molar-refractivity contribution in [1.82, 2.24) is 4.57 Å². The summed E-state index contributed by atoms with van der Waals surface area (Å²) in [6.07, 6.45) is 10.1. The summed E-state index contributed by atoms with van der Waals surface area (Å²) in [6.45, 7) is 3.14. The molecule has 0 bridgehead atoms. The maximum atomic E-state index is 11.1. The van der Waals surface area contributed by atoms with Crippen molar-refractivity contribution in [3.63, 3.8) is 0 Å². The highest BCUT2D eigenvalue weighted by molar-refractivity contribution is 7.14. The summed E-state index contributed by atoms with van der Waals surface area (Å²) in [5.74, 6) is -1.26. The Morgan fingerprint density at radius 3 is 2.61 bits per heavy atom. The maximum absolute atomic E-state index is 11.1. The Morgan fingerprint density at radius 1 is 1.10 bits per heavy atom. The van der Waals surface area contributed by atoms with E-state index in [-0.39, 0.29) is 5.57 Å². The van der Waals surface area contributed by atoms with Gasteiger partial charge in [0.05, 0.1) is 5.57 Å². The molecular weight excluding hydrogens is 406 g/mol. The first-order valence-electron chi connectivity index (χ1n) is 10.2. The SMILES string of the molecule is CCCCCCn1cc(/C=C(\C#N)c2ccc(/C=C(/C#N)C(=O)O)s2)c2ccccc21. The second-order valence-electron chi connectivity index (χ2n) is 7.20. The summed E-state index contributed by atoms with van der Waals surface area (Å²) >= 11 is 1.29. The summed E-state index contributed by atoms with van der Waals surface area (Å²) in [5, 5.41) is 28.8. The number of carboxylic acid groups (broad SMARTS) is 1. The summed E-state index contributed by atoms with van der Waals surface area (Å²) in [6, 6.07) is 15.6. The van der Waals surface area contributed by atoms with Gasteiger partial charge in [-0.25, -0.2) is 4.79 Å². The molecule has 3 aromatic rings. The van der Waals surface area contributed by atoms with Crippen molar-refractivity contribution >= 4 is 45.9 Å². The van der Waals surface area contributed by atoms with Gasteiger partial charge in [-0.15, -0.1) is 11.3 Å². The van der Waals surface area contributed by atoms with Crippen molar-refractivity contribution in [2.24, 2.45) is 0 Å². The molecule has 0 aliphatic carbocycles. The van der Waals surface area contributed by atoms with E-state index in [1.807, 2.05) is 18.2 Å². The van der Waals surface area contributed by atoms with Gasteiger partial charge < -0.3 is 9.67 Å². The van der Waals surface area contributed by atoms with Gasteiger partial charge in [0.2, 0.25) is 0 Å². The minimum atomic E-state index is -1.26. The average Bonchev–Trinajstić information content (AvgIpc) is 3.38. The number of hydrogen-bond donors (Lipinski definition) is 1. The molecule has 1 aromatic carbocycles.